The molecule has 2 fully saturated rings. The summed E-state index contributed by atoms with van der Waals surface area (Å²) in [4.78, 5) is 48.6. The SMILES string of the molecule is CC1CC(C(=O)O)CN(C(=O)NCc2ccc(C3(C)NC(=O)NC3=O)cc2)C1. The lowest BCUT2D eigenvalue weighted by molar-refractivity contribution is -0.143. The topological polar surface area (TPSA) is 128 Å². The number of urea groups is 2. The van der Waals surface area contributed by atoms with Crippen LogP contribution in [0.25, 0.3) is 0 Å². The van der Waals surface area contributed by atoms with Gasteiger partial charge in [-0.3, -0.25) is 14.9 Å². The van der Waals surface area contributed by atoms with Crippen LogP contribution in [0.4, 0.5) is 9.59 Å². The average Bonchev–Trinajstić information content (AvgIpc) is 2.92. The monoisotopic (exact) mass is 388 g/mol. The van der Waals surface area contributed by atoms with Gasteiger partial charge in [-0.1, -0.05) is 31.2 Å². The van der Waals surface area contributed by atoms with E-state index < -0.39 is 29.4 Å². The predicted molar refractivity (Wildman–Crippen MR) is 99.2 cm³/mol. The third kappa shape index (κ3) is 3.92. The van der Waals surface area contributed by atoms with Crippen LogP contribution in [0.1, 0.15) is 31.4 Å². The number of carbonyl (C=O) groups is 4. The number of hydrogen-bond donors (Lipinski definition) is 4. The molecule has 9 heteroatoms. The second-order valence-electron chi connectivity index (χ2n) is 7.67. The van der Waals surface area contributed by atoms with Gasteiger partial charge in [0.1, 0.15) is 5.54 Å². The minimum Gasteiger partial charge on any atom is -0.481 e. The van der Waals surface area contributed by atoms with E-state index in [1.807, 2.05) is 6.92 Å². The number of piperidine rings is 1. The molecule has 2 aliphatic heterocycles. The maximum Gasteiger partial charge on any atom is 0.322 e. The van der Waals surface area contributed by atoms with Gasteiger partial charge in [-0.15, -0.1) is 0 Å². The molecule has 150 valence electrons. The van der Waals surface area contributed by atoms with E-state index in [1.165, 1.54) is 0 Å². The molecule has 2 heterocycles. The zero-order valence-corrected chi connectivity index (χ0v) is 15.8. The second kappa shape index (κ2) is 7.49. The molecule has 3 rings (SSSR count). The zero-order valence-electron chi connectivity index (χ0n) is 15.8. The second-order valence-corrected chi connectivity index (χ2v) is 7.67. The predicted octanol–water partition coefficient (Wildman–Crippen LogP) is 0.993. The summed E-state index contributed by atoms with van der Waals surface area (Å²) in [6.45, 7) is 4.57. The van der Waals surface area contributed by atoms with E-state index >= 15 is 0 Å². The lowest BCUT2D eigenvalue weighted by atomic mass is 9.91. The van der Waals surface area contributed by atoms with Crippen molar-refractivity contribution in [2.24, 2.45) is 11.8 Å². The summed E-state index contributed by atoms with van der Waals surface area (Å²) in [5.41, 5.74) is 0.347. The molecule has 9 nitrogen and oxygen atoms in total. The molecule has 0 aliphatic carbocycles. The molecule has 0 saturated carbocycles. The number of hydrogen-bond acceptors (Lipinski definition) is 4. The summed E-state index contributed by atoms with van der Waals surface area (Å²) in [5, 5.41) is 16.9. The van der Waals surface area contributed by atoms with Crippen molar-refractivity contribution < 1.29 is 24.3 Å². The highest BCUT2D eigenvalue weighted by atomic mass is 16.4. The Morgan fingerprint density at radius 2 is 1.93 bits per heavy atom. The third-order valence-corrected chi connectivity index (χ3v) is 5.32. The Morgan fingerprint density at radius 3 is 2.50 bits per heavy atom. The molecule has 1 aromatic rings. The van der Waals surface area contributed by atoms with Crippen LogP contribution in [0.3, 0.4) is 0 Å². The van der Waals surface area contributed by atoms with Crippen molar-refractivity contribution in [3.63, 3.8) is 0 Å². The van der Waals surface area contributed by atoms with E-state index in [2.05, 4.69) is 16.0 Å². The first-order chi connectivity index (χ1) is 13.2. The summed E-state index contributed by atoms with van der Waals surface area (Å²) in [7, 11) is 0. The highest BCUT2D eigenvalue weighted by molar-refractivity contribution is 6.07. The number of carboxylic acid groups (broad SMARTS) is 1. The molecule has 5 amide bonds. The number of nitrogens with zero attached hydrogens (tertiary/aromatic N) is 1. The Balaban J connectivity index is 1.59. The molecule has 0 spiro atoms. The summed E-state index contributed by atoms with van der Waals surface area (Å²) in [6, 6.07) is 6.19. The molecule has 28 heavy (non-hydrogen) atoms. The largest absolute Gasteiger partial charge is 0.481 e. The maximum absolute atomic E-state index is 12.4. The number of aliphatic carboxylic acids is 1. The zero-order chi connectivity index (χ0) is 20.5. The van der Waals surface area contributed by atoms with Gasteiger partial charge in [0.2, 0.25) is 0 Å². The Labute approximate surface area is 162 Å². The number of carbonyl (C=O) groups excluding carboxylic acids is 3. The molecule has 2 saturated heterocycles. The number of nitrogens with one attached hydrogen (secondary N) is 3. The van der Waals surface area contributed by atoms with E-state index in [4.69, 9.17) is 0 Å². The van der Waals surface area contributed by atoms with Crippen LogP contribution >= 0.6 is 0 Å². The van der Waals surface area contributed by atoms with Gasteiger partial charge in [0.25, 0.3) is 5.91 Å². The first kappa shape index (κ1) is 19.7. The normalized spacial score (nSPS) is 27.1. The van der Waals surface area contributed by atoms with Gasteiger partial charge in [-0.2, -0.15) is 0 Å². The van der Waals surface area contributed by atoms with Crippen molar-refractivity contribution in [3.8, 4) is 0 Å². The van der Waals surface area contributed by atoms with E-state index in [-0.39, 0.29) is 25.0 Å². The Kier molecular flexibility index (Phi) is 5.26. The van der Waals surface area contributed by atoms with Gasteiger partial charge in [-0.25, -0.2) is 9.59 Å². The summed E-state index contributed by atoms with van der Waals surface area (Å²) >= 11 is 0. The van der Waals surface area contributed by atoms with Crippen molar-refractivity contribution in [3.05, 3.63) is 35.4 Å². The molecule has 0 bridgehead atoms. The molecule has 2 aliphatic rings. The summed E-state index contributed by atoms with van der Waals surface area (Å²) in [5.74, 6) is -1.70. The molecule has 3 atom stereocenters. The van der Waals surface area contributed by atoms with Crippen LogP contribution in [-0.2, 0) is 21.7 Å². The van der Waals surface area contributed by atoms with Crippen LogP contribution in [-0.4, -0.2) is 47.0 Å². The van der Waals surface area contributed by atoms with E-state index in [9.17, 15) is 24.3 Å². The van der Waals surface area contributed by atoms with E-state index in [1.54, 1.807) is 36.1 Å². The van der Waals surface area contributed by atoms with Gasteiger partial charge in [0.15, 0.2) is 0 Å². The number of carboxylic acids is 1. The quantitative estimate of drug-likeness (QED) is 0.572. The number of imide groups is 1. The Hall–Kier alpha value is -3.10. The van der Waals surface area contributed by atoms with Crippen molar-refractivity contribution >= 4 is 23.9 Å². The first-order valence-corrected chi connectivity index (χ1v) is 9.17. The van der Waals surface area contributed by atoms with Crippen molar-refractivity contribution in [2.75, 3.05) is 13.1 Å². The first-order valence-electron chi connectivity index (χ1n) is 9.17. The van der Waals surface area contributed by atoms with Gasteiger partial charge >= 0.3 is 18.0 Å². The molecule has 4 N–H and O–H groups in total. The standard InChI is InChI=1S/C19H24N4O5/c1-11-7-13(15(24)25)10-23(9-11)18(28)20-8-12-3-5-14(6-4-12)19(2)16(26)21-17(27)22-19/h3-6,11,13H,7-10H2,1-2H3,(H,20,28)(H,24,25)(H2,21,22,26,27). The fourth-order valence-corrected chi connectivity index (χ4v) is 3.69. The van der Waals surface area contributed by atoms with Crippen molar-refractivity contribution in [2.45, 2.75) is 32.4 Å². The van der Waals surface area contributed by atoms with Crippen LogP contribution in [0, 0.1) is 11.8 Å². The van der Waals surface area contributed by atoms with Crippen molar-refractivity contribution in [1.29, 1.82) is 0 Å². The maximum atomic E-state index is 12.4. The van der Waals surface area contributed by atoms with Crippen LogP contribution in [0.15, 0.2) is 24.3 Å². The highest BCUT2D eigenvalue weighted by Gasteiger charge is 2.43. The number of rotatable bonds is 4. The average molecular weight is 388 g/mol. The highest BCUT2D eigenvalue weighted by Crippen LogP contribution is 2.25. The van der Waals surface area contributed by atoms with Crippen molar-refractivity contribution in [1.82, 2.24) is 20.9 Å². The third-order valence-electron chi connectivity index (χ3n) is 5.32. The van der Waals surface area contributed by atoms with Gasteiger partial charge in [0.05, 0.1) is 5.92 Å². The fourth-order valence-electron chi connectivity index (χ4n) is 3.69. The molecule has 3 unspecified atom stereocenters. The van der Waals surface area contributed by atoms with Crippen LogP contribution in [0.2, 0.25) is 0 Å². The molecule has 1 aromatic carbocycles. The number of amides is 5. The van der Waals surface area contributed by atoms with Gasteiger partial charge in [0, 0.05) is 19.6 Å². The minimum absolute atomic E-state index is 0.133. The lowest BCUT2D eigenvalue weighted by Crippen LogP contribution is -2.49. The lowest BCUT2D eigenvalue weighted by Gasteiger charge is -2.34. The number of likely N-dealkylation sites (tertiary alicyclic amines) is 1. The smallest absolute Gasteiger partial charge is 0.322 e. The van der Waals surface area contributed by atoms with Crippen LogP contribution < -0.4 is 16.0 Å². The number of benzene rings is 1. The molecule has 0 aromatic heterocycles. The fraction of sp³-hybridized carbons (Fsp3) is 0.474. The van der Waals surface area contributed by atoms with E-state index in [0.717, 1.165) is 5.56 Å². The summed E-state index contributed by atoms with van der Waals surface area (Å²) < 4.78 is 0. The van der Waals surface area contributed by atoms with Gasteiger partial charge < -0.3 is 20.6 Å². The Morgan fingerprint density at radius 1 is 1.25 bits per heavy atom. The Bertz CT molecular complexity index is 809. The molecular weight excluding hydrogens is 364 g/mol. The minimum atomic E-state index is -1.12. The summed E-state index contributed by atoms with van der Waals surface area (Å²) in [6.07, 6.45) is 0.573. The van der Waals surface area contributed by atoms with Crippen LogP contribution in [0.5, 0.6) is 0 Å². The molecule has 0 radical (unpaired) electrons. The van der Waals surface area contributed by atoms with E-state index in [0.29, 0.717) is 18.5 Å². The van der Waals surface area contributed by atoms with Gasteiger partial charge in [-0.05, 0) is 30.4 Å². The molecular formula is C19H24N4O5.